The maximum atomic E-state index is 5.09. The van der Waals surface area contributed by atoms with Crippen LogP contribution in [0.25, 0.3) is 38.8 Å². The fourth-order valence-electron chi connectivity index (χ4n) is 6.34. The zero-order valence-electron chi connectivity index (χ0n) is 27.4. The molecule has 2 aliphatic rings. The van der Waals surface area contributed by atoms with Crippen molar-refractivity contribution >= 4 is 27.8 Å². The molecule has 0 radical (unpaired) electrons. The number of fused-ring (bicyclic) bond motifs is 1. The second-order valence-electron chi connectivity index (χ2n) is 12.1. The Balaban J connectivity index is 1.37. The summed E-state index contributed by atoms with van der Waals surface area (Å²) in [6.07, 6.45) is 17.6. The summed E-state index contributed by atoms with van der Waals surface area (Å²) in [7, 11) is 0. The molecule has 0 saturated heterocycles. The molecule has 4 heteroatoms. The Labute approximate surface area is 287 Å². The normalized spacial score (nSPS) is 19.3. The van der Waals surface area contributed by atoms with Gasteiger partial charge in [0.2, 0.25) is 0 Å². The molecule has 234 valence electrons. The summed E-state index contributed by atoms with van der Waals surface area (Å²) in [5.41, 5.74) is 8.82. The first-order valence-electron chi connectivity index (χ1n) is 16.4. The number of thioether (sulfide) groups is 1. The topological polar surface area (TPSA) is 38.7 Å². The van der Waals surface area contributed by atoms with Crippen LogP contribution in [0, 0.1) is 5.41 Å². The van der Waals surface area contributed by atoms with Crippen molar-refractivity contribution in [3.05, 3.63) is 192 Å². The van der Waals surface area contributed by atoms with E-state index in [1.165, 1.54) is 22.3 Å². The molecule has 1 aliphatic carbocycles. The van der Waals surface area contributed by atoms with E-state index in [-0.39, 0.29) is 5.41 Å². The zero-order valence-corrected chi connectivity index (χ0v) is 28.2. The standard InChI is InChI=1S/C44H37N3S/c1-4-17-31(5-2)39(32-18-9-6-10-19-32)40(33-20-11-7-12-21-33)34-25-27-36(28-26-34)42-45-41(35-22-13-8-14-23-35)46-43(47-42)37-30-44(3)29-16-15-24-38(44)48-37/h4-30,38H,1-3H3/b17-4-,31-5+,40-39+. The maximum Gasteiger partial charge on any atom is 0.170 e. The number of benzene rings is 4. The summed E-state index contributed by atoms with van der Waals surface area (Å²) in [5.74, 6) is 2.05. The van der Waals surface area contributed by atoms with E-state index in [1.807, 2.05) is 30.0 Å². The average molecular weight is 640 g/mol. The van der Waals surface area contributed by atoms with E-state index in [0.717, 1.165) is 27.2 Å². The fraction of sp³-hybridized carbons (Fsp3) is 0.114. The Morgan fingerprint density at radius 1 is 0.646 bits per heavy atom. The molecule has 0 fully saturated rings. The van der Waals surface area contributed by atoms with Gasteiger partial charge in [-0.2, -0.15) is 0 Å². The largest absolute Gasteiger partial charge is 0.208 e. The molecule has 1 aliphatic heterocycles. The van der Waals surface area contributed by atoms with Crippen LogP contribution < -0.4 is 0 Å². The highest BCUT2D eigenvalue weighted by molar-refractivity contribution is 8.09. The maximum absolute atomic E-state index is 5.09. The van der Waals surface area contributed by atoms with Crippen molar-refractivity contribution in [3.63, 3.8) is 0 Å². The van der Waals surface area contributed by atoms with Crippen molar-refractivity contribution in [1.82, 2.24) is 15.0 Å². The molecule has 0 N–H and O–H groups in total. The Morgan fingerprint density at radius 2 is 1.21 bits per heavy atom. The summed E-state index contributed by atoms with van der Waals surface area (Å²) in [5, 5.41) is 0.323. The Bertz CT molecular complexity index is 2110. The highest BCUT2D eigenvalue weighted by Gasteiger charge is 2.38. The molecule has 2 atom stereocenters. The van der Waals surface area contributed by atoms with Gasteiger partial charge >= 0.3 is 0 Å². The average Bonchev–Trinajstić information content (AvgIpc) is 3.51. The van der Waals surface area contributed by atoms with Gasteiger partial charge in [0, 0.05) is 26.7 Å². The smallest absolute Gasteiger partial charge is 0.170 e. The second-order valence-corrected chi connectivity index (χ2v) is 13.3. The summed E-state index contributed by atoms with van der Waals surface area (Å²) in [6, 6.07) is 40.2. The van der Waals surface area contributed by atoms with Crippen molar-refractivity contribution in [1.29, 1.82) is 0 Å². The Hall–Kier alpha value is -5.32. The predicted molar refractivity (Wildman–Crippen MR) is 204 cm³/mol. The molecule has 3 nitrogen and oxygen atoms in total. The van der Waals surface area contributed by atoms with E-state index in [0.29, 0.717) is 22.7 Å². The van der Waals surface area contributed by atoms with Gasteiger partial charge in [0.25, 0.3) is 0 Å². The molecule has 0 spiro atoms. The van der Waals surface area contributed by atoms with Gasteiger partial charge in [0.05, 0.1) is 0 Å². The van der Waals surface area contributed by atoms with Crippen LogP contribution in [0.15, 0.2) is 169 Å². The van der Waals surface area contributed by atoms with Gasteiger partial charge < -0.3 is 0 Å². The first kappa shape index (κ1) is 31.3. The number of rotatable bonds is 8. The molecule has 5 aromatic rings. The SMILES string of the molecule is C\C=C/C(=C\C)C(=C(/c1ccccc1)c1ccc(-c2nc(C3=CC4(C)C=CC=CC4S3)nc(-c3ccccc3)n2)cc1)/c1ccccc1. The van der Waals surface area contributed by atoms with Gasteiger partial charge in [-0.25, -0.2) is 15.0 Å². The number of aromatic nitrogens is 3. The van der Waals surface area contributed by atoms with Gasteiger partial charge in [-0.3, -0.25) is 0 Å². The van der Waals surface area contributed by atoms with Gasteiger partial charge in [0.1, 0.15) is 0 Å². The number of nitrogens with zero attached hydrogens (tertiary/aromatic N) is 3. The quantitative estimate of drug-likeness (QED) is 0.125. The molecule has 0 amide bonds. The lowest BCUT2D eigenvalue weighted by atomic mass is 9.83. The minimum absolute atomic E-state index is 0.0640. The summed E-state index contributed by atoms with van der Waals surface area (Å²) >= 11 is 1.82. The molecule has 0 bridgehead atoms. The number of hydrogen-bond donors (Lipinski definition) is 0. The molecular weight excluding hydrogens is 603 g/mol. The first-order valence-corrected chi connectivity index (χ1v) is 17.3. The van der Waals surface area contributed by atoms with Gasteiger partial charge in [-0.15, -0.1) is 11.8 Å². The highest BCUT2D eigenvalue weighted by Crippen LogP contribution is 2.51. The van der Waals surface area contributed by atoms with Gasteiger partial charge in [0.15, 0.2) is 17.5 Å². The fourth-order valence-corrected chi connectivity index (χ4v) is 7.70. The second kappa shape index (κ2) is 13.8. The molecule has 0 saturated carbocycles. The zero-order chi connectivity index (χ0) is 32.9. The molecule has 4 aromatic carbocycles. The van der Waals surface area contributed by atoms with Gasteiger partial charge in [-0.05, 0) is 47.3 Å². The lowest BCUT2D eigenvalue weighted by Crippen LogP contribution is -2.21. The van der Waals surface area contributed by atoms with Crippen molar-refractivity contribution in [2.75, 3.05) is 0 Å². The summed E-state index contributed by atoms with van der Waals surface area (Å²) in [4.78, 5) is 16.2. The molecule has 1 aromatic heterocycles. The highest BCUT2D eigenvalue weighted by atomic mass is 32.2. The van der Waals surface area contributed by atoms with Crippen LogP contribution in [0.3, 0.4) is 0 Å². The van der Waals surface area contributed by atoms with E-state index in [2.05, 4.69) is 166 Å². The number of allylic oxidation sites excluding steroid dienone is 9. The van der Waals surface area contributed by atoms with E-state index in [4.69, 9.17) is 15.0 Å². The Morgan fingerprint density at radius 3 is 1.81 bits per heavy atom. The number of hydrogen-bond acceptors (Lipinski definition) is 4. The van der Waals surface area contributed by atoms with Crippen molar-refractivity contribution in [3.8, 4) is 22.8 Å². The van der Waals surface area contributed by atoms with Crippen LogP contribution in [0.1, 0.15) is 43.3 Å². The molecule has 48 heavy (non-hydrogen) atoms. The van der Waals surface area contributed by atoms with E-state index >= 15 is 0 Å². The van der Waals surface area contributed by atoms with Crippen LogP contribution in [0.4, 0.5) is 0 Å². The molecule has 2 unspecified atom stereocenters. The first-order chi connectivity index (χ1) is 23.6. The lowest BCUT2D eigenvalue weighted by Gasteiger charge is -2.25. The third-order valence-corrected chi connectivity index (χ3v) is 10.3. The van der Waals surface area contributed by atoms with Crippen molar-refractivity contribution in [2.24, 2.45) is 5.41 Å². The van der Waals surface area contributed by atoms with Crippen LogP contribution in [-0.2, 0) is 0 Å². The van der Waals surface area contributed by atoms with Crippen molar-refractivity contribution < 1.29 is 0 Å². The molecule has 2 heterocycles. The Kier molecular flexibility index (Phi) is 9.00. The minimum Gasteiger partial charge on any atom is -0.208 e. The van der Waals surface area contributed by atoms with Crippen LogP contribution in [-0.4, -0.2) is 20.2 Å². The molecular formula is C44H37N3S. The van der Waals surface area contributed by atoms with Crippen LogP contribution >= 0.6 is 11.8 Å². The van der Waals surface area contributed by atoms with Gasteiger partial charge in [-0.1, -0.05) is 171 Å². The third kappa shape index (κ3) is 6.32. The van der Waals surface area contributed by atoms with E-state index in [1.54, 1.807) is 0 Å². The van der Waals surface area contributed by atoms with Crippen LogP contribution in [0.5, 0.6) is 0 Å². The van der Waals surface area contributed by atoms with Crippen LogP contribution in [0.2, 0.25) is 0 Å². The monoisotopic (exact) mass is 639 g/mol. The van der Waals surface area contributed by atoms with E-state index in [9.17, 15) is 0 Å². The van der Waals surface area contributed by atoms with E-state index < -0.39 is 0 Å². The van der Waals surface area contributed by atoms with Crippen molar-refractivity contribution in [2.45, 2.75) is 26.0 Å². The minimum atomic E-state index is -0.0640. The summed E-state index contributed by atoms with van der Waals surface area (Å²) in [6.45, 7) is 6.44. The lowest BCUT2D eigenvalue weighted by molar-refractivity contribution is 0.581. The predicted octanol–water partition coefficient (Wildman–Crippen LogP) is 11.3. The summed E-state index contributed by atoms with van der Waals surface area (Å²) < 4.78 is 0. The molecule has 7 rings (SSSR count). The third-order valence-electron chi connectivity index (χ3n) is 8.80.